The van der Waals surface area contributed by atoms with Gasteiger partial charge in [-0.15, -0.1) is 0 Å². The second-order valence-electron chi connectivity index (χ2n) is 10.3. The van der Waals surface area contributed by atoms with Gasteiger partial charge >= 0.3 is 6.09 Å². The summed E-state index contributed by atoms with van der Waals surface area (Å²) < 4.78 is 0.0421. The Bertz CT molecular complexity index is 416. The lowest BCUT2D eigenvalue weighted by atomic mass is 10.0. The number of amides is 1. The first-order valence-corrected chi connectivity index (χ1v) is 16.9. The van der Waals surface area contributed by atoms with Gasteiger partial charge in [0.1, 0.15) is 0 Å². The lowest BCUT2D eigenvalue weighted by Gasteiger charge is -2.25. The maximum absolute atomic E-state index is 11.2. The first-order valence-electron chi connectivity index (χ1n) is 13.0. The molecule has 1 atom stereocenters. The molecule has 0 spiro atoms. The van der Waals surface area contributed by atoms with E-state index in [0.29, 0.717) is 6.54 Å². The van der Waals surface area contributed by atoms with E-state index in [0.717, 1.165) is 12.5 Å². The van der Waals surface area contributed by atoms with Crippen LogP contribution in [0.3, 0.4) is 0 Å². The molecule has 0 aliphatic carbocycles. The van der Waals surface area contributed by atoms with E-state index >= 15 is 0 Å². The molecular formula is C25H53ClNO2Si+. The largest absolute Gasteiger partial charge is 0.513 e. The zero-order valence-corrected chi connectivity index (χ0v) is 22.6. The fourth-order valence-corrected chi connectivity index (χ4v) is 7.04. The number of nitrogens with zero attached hydrogens (tertiary/aromatic N) is 1. The molecule has 0 aliphatic heterocycles. The van der Waals surface area contributed by atoms with Gasteiger partial charge in [0.25, 0.3) is 0 Å². The van der Waals surface area contributed by atoms with Gasteiger partial charge in [0.05, 0.1) is 20.6 Å². The lowest BCUT2D eigenvalue weighted by molar-refractivity contribution is -0.816. The van der Waals surface area contributed by atoms with Crippen LogP contribution in [-0.4, -0.2) is 43.7 Å². The molecule has 0 fully saturated rings. The minimum atomic E-state index is -1.68. The maximum Gasteiger partial charge on any atom is 0.513 e. The maximum atomic E-state index is 11.2. The van der Waals surface area contributed by atoms with Crippen LogP contribution >= 0.6 is 11.1 Å². The fraction of sp³-hybridized carbons (Fsp3) is 0.960. The molecule has 30 heavy (non-hydrogen) atoms. The molecule has 0 rings (SSSR count). The van der Waals surface area contributed by atoms with E-state index in [1.54, 1.807) is 14.1 Å². The van der Waals surface area contributed by atoms with Gasteiger partial charge in [-0.1, -0.05) is 116 Å². The predicted molar refractivity (Wildman–Crippen MR) is 136 cm³/mol. The number of carboxylic acid groups (broad SMARTS) is 1. The number of rotatable bonds is 21. The Morgan fingerprint density at radius 3 is 1.40 bits per heavy atom. The van der Waals surface area contributed by atoms with Crippen LogP contribution in [0.25, 0.3) is 0 Å². The summed E-state index contributed by atoms with van der Waals surface area (Å²) in [4.78, 5) is 11.2. The van der Waals surface area contributed by atoms with Gasteiger partial charge in [0.2, 0.25) is 0 Å². The van der Waals surface area contributed by atoms with Crippen molar-refractivity contribution in [1.82, 2.24) is 0 Å². The minimum Gasteiger partial charge on any atom is -0.435 e. The third-order valence-corrected chi connectivity index (χ3v) is 10.4. The molecule has 1 N–H and O–H groups in total. The molecule has 180 valence electrons. The number of halogens is 1. The molecule has 0 aliphatic rings. The summed E-state index contributed by atoms with van der Waals surface area (Å²) in [6.07, 6.45) is 22.5. The third kappa shape index (κ3) is 18.7. The van der Waals surface area contributed by atoms with Gasteiger partial charge in [-0.3, -0.25) is 0 Å². The van der Waals surface area contributed by atoms with Gasteiger partial charge in [0.15, 0.2) is 7.38 Å². The molecule has 0 aromatic carbocycles. The van der Waals surface area contributed by atoms with Gasteiger partial charge in [0, 0.05) is 0 Å². The molecule has 0 heterocycles. The average Bonchev–Trinajstić information content (AvgIpc) is 2.67. The molecule has 1 unspecified atom stereocenters. The van der Waals surface area contributed by atoms with Crippen molar-refractivity contribution in [2.24, 2.45) is 0 Å². The first kappa shape index (κ1) is 29.9. The highest BCUT2D eigenvalue weighted by atomic mass is 35.6. The van der Waals surface area contributed by atoms with Crippen LogP contribution in [0.1, 0.15) is 116 Å². The van der Waals surface area contributed by atoms with E-state index in [4.69, 9.17) is 11.1 Å². The molecule has 0 saturated heterocycles. The fourth-order valence-electron chi connectivity index (χ4n) is 4.11. The molecule has 0 radical (unpaired) electrons. The van der Waals surface area contributed by atoms with Crippen LogP contribution in [0.15, 0.2) is 0 Å². The summed E-state index contributed by atoms with van der Waals surface area (Å²) >= 11 is 6.79. The molecule has 5 heteroatoms. The molecule has 0 aromatic rings. The highest BCUT2D eigenvalue weighted by Gasteiger charge is 2.28. The van der Waals surface area contributed by atoms with Crippen LogP contribution in [-0.2, 0) is 0 Å². The van der Waals surface area contributed by atoms with Crippen molar-refractivity contribution in [3.8, 4) is 0 Å². The quantitative estimate of drug-likeness (QED) is 0.0798. The van der Waals surface area contributed by atoms with Crippen molar-refractivity contribution < 1.29 is 14.4 Å². The van der Waals surface area contributed by atoms with Crippen LogP contribution in [0.4, 0.5) is 4.79 Å². The highest BCUT2D eigenvalue weighted by molar-refractivity contribution is 7.19. The van der Waals surface area contributed by atoms with Gasteiger partial charge < -0.3 is 5.11 Å². The van der Waals surface area contributed by atoms with Crippen molar-refractivity contribution in [3.63, 3.8) is 0 Å². The van der Waals surface area contributed by atoms with Crippen molar-refractivity contribution in [2.75, 3.05) is 20.6 Å². The number of hydrogen-bond acceptors (Lipinski definition) is 1. The zero-order chi connectivity index (χ0) is 22.7. The first-order chi connectivity index (χ1) is 14.2. The normalized spacial score (nSPS) is 14.0. The summed E-state index contributed by atoms with van der Waals surface area (Å²) in [6, 6.07) is 2.20. The summed E-state index contributed by atoms with van der Waals surface area (Å²) in [6.45, 7) is 5.21. The van der Waals surface area contributed by atoms with Crippen molar-refractivity contribution in [3.05, 3.63) is 0 Å². The van der Waals surface area contributed by atoms with Crippen LogP contribution in [0, 0.1) is 0 Å². The van der Waals surface area contributed by atoms with Crippen molar-refractivity contribution >= 4 is 24.6 Å². The second kappa shape index (κ2) is 18.5. The minimum absolute atomic E-state index is 0.0421. The summed E-state index contributed by atoms with van der Waals surface area (Å²) in [5.41, 5.74) is 0. The Balaban J connectivity index is 3.41. The van der Waals surface area contributed by atoms with Gasteiger partial charge in [-0.05, 0) is 18.5 Å². The lowest BCUT2D eigenvalue weighted by Crippen LogP contribution is -2.45. The second-order valence-corrected chi connectivity index (χ2v) is 16.8. The van der Waals surface area contributed by atoms with E-state index in [2.05, 4.69) is 13.5 Å². The summed E-state index contributed by atoms with van der Waals surface area (Å²) in [5, 5.41) is 9.18. The van der Waals surface area contributed by atoms with Gasteiger partial charge in [-0.25, -0.2) is 4.48 Å². The van der Waals surface area contributed by atoms with E-state index in [-0.39, 0.29) is 4.48 Å². The number of unbranched alkanes of at least 4 members (excludes halogenated alkanes) is 15. The molecule has 0 aromatic heterocycles. The van der Waals surface area contributed by atoms with E-state index in [9.17, 15) is 9.90 Å². The number of hydrogen-bond donors (Lipinski definition) is 1. The Morgan fingerprint density at radius 1 is 0.700 bits per heavy atom. The Labute approximate surface area is 194 Å². The summed E-state index contributed by atoms with van der Waals surface area (Å²) in [7, 11) is 1.83. The zero-order valence-electron chi connectivity index (χ0n) is 20.8. The van der Waals surface area contributed by atoms with Crippen LogP contribution < -0.4 is 0 Å². The average molecular weight is 463 g/mol. The molecule has 1 amide bonds. The van der Waals surface area contributed by atoms with E-state index in [1.807, 2.05) is 0 Å². The number of carbonyl (C=O) groups is 1. The molecular weight excluding hydrogens is 410 g/mol. The highest BCUT2D eigenvalue weighted by Crippen LogP contribution is 2.26. The van der Waals surface area contributed by atoms with Crippen molar-refractivity contribution in [1.29, 1.82) is 0 Å². The van der Waals surface area contributed by atoms with E-state index < -0.39 is 13.5 Å². The predicted octanol–water partition coefficient (Wildman–Crippen LogP) is 9.21. The Hall–Kier alpha value is -0.0631. The molecule has 0 bridgehead atoms. The smallest absolute Gasteiger partial charge is 0.435 e. The van der Waals surface area contributed by atoms with Crippen LogP contribution in [0.5, 0.6) is 0 Å². The molecule has 0 saturated carbocycles. The summed E-state index contributed by atoms with van der Waals surface area (Å²) in [5.74, 6) is 0. The van der Waals surface area contributed by atoms with Gasteiger partial charge in [-0.2, -0.15) is 15.9 Å². The molecule has 3 nitrogen and oxygen atoms in total. The Morgan fingerprint density at radius 2 is 1.03 bits per heavy atom. The van der Waals surface area contributed by atoms with Crippen LogP contribution in [0.2, 0.25) is 18.6 Å². The van der Waals surface area contributed by atoms with E-state index in [1.165, 1.54) is 109 Å². The number of quaternary nitrogens is 1. The monoisotopic (exact) mass is 462 g/mol. The topological polar surface area (TPSA) is 37.3 Å². The Kier molecular flexibility index (Phi) is 18.5. The van der Waals surface area contributed by atoms with Crippen molar-refractivity contribution in [2.45, 2.75) is 135 Å². The SMILES string of the molecule is CCCCCCCCCCCCCCCCCC[Si](C)(Cl)CCC[N+](C)(C)C(=O)O. The third-order valence-electron chi connectivity index (χ3n) is 6.48. The standard InChI is InChI=1S/C25H52ClNO2Si/c1-5-6-7-8-9-10-11-12-13-14-15-16-17-18-19-20-23-30(4,26)24-21-22-27(2,3)25(28)29/h5-24H2,1-4H3/p+1.